The Labute approximate surface area is 235 Å². The molecule has 0 bridgehead atoms. The number of para-hydroxylation sites is 1. The third kappa shape index (κ3) is 7.96. The van der Waals surface area contributed by atoms with E-state index in [2.05, 4.69) is 43.4 Å². The first-order chi connectivity index (χ1) is 19.1. The van der Waals surface area contributed by atoms with Crippen LogP contribution in [0.15, 0.2) is 81.8 Å². The molecule has 210 valence electrons. The van der Waals surface area contributed by atoms with Gasteiger partial charge in [0.05, 0.1) is 5.39 Å². The van der Waals surface area contributed by atoms with Gasteiger partial charge in [0, 0.05) is 37.2 Å². The molecule has 2 amide bonds. The van der Waals surface area contributed by atoms with Gasteiger partial charge in [-0.25, -0.2) is 9.59 Å². The van der Waals surface area contributed by atoms with Gasteiger partial charge in [0.25, 0.3) is 0 Å². The lowest BCUT2D eigenvalue weighted by molar-refractivity contribution is -0.192. The summed E-state index contributed by atoms with van der Waals surface area (Å²) in [7, 11) is 0. The van der Waals surface area contributed by atoms with Gasteiger partial charge in [0.1, 0.15) is 11.5 Å². The lowest BCUT2D eigenvalue weighted by Gasteiger charge is -2.34. The summed E-state index contributed by atoms with van der Waals surface area (Å²) in [5.41, 5.74) is 1.83. The van der Waals surface area contributed by atoms with Crippen molar-refractivity contribution in [3.05, 3.63) is 82.8 Å². The molecule has 0 radical (unpaired) electrons. The highest BCUT2D eigenvalue weighted by Crippen LogP contribution is 2.25. The number of halogens is 4. The number of urea groups is 1. The summed E-state index contributed by atoms with van der Waals surface area (Å²) in [5.74, 6) is -0.685. The summed E-state index contributed by atoms with van der Waals surface area (Å²) in [6.07, 6.45) is -5.08. The van der Waals surface area contributed by atoms with E-state index in [9.17, 15) is 18.0 Å². The Balaban J connectivity index is 0.000000470. The molecule has 40 heavy (non-hydrogen) atoms. The number of hydrogen-bond acceptors (Lipinski definition) is 6. The monoisotopic (exact) mass is 620 g/mol. The van der Waals surface area contributed by atoms with Crippen molar-refractivity contribution in [2.45, 2.75) is 12.7 Å². The zero-order chi connectivity index (χ0) is 28.7. The average Bonchev–Trinajstić information content (AvgIpc) is 3.33. The molecule has 2 heterocycles. The molecule has 9 nitrogen and oxygen atoms in total. The molecule has 0 aliphatic carbocycles. The summed E-state index contributed by atoms with van der Waals surface area (Å²) in [4.78, 5) is 25.8. The highest BCUT2D eigenvalue weighted by Gasteiger charge is 2.38. The maximum Gasteiger partial charge on any atom is 0.490 e. The van der Waals surface area contributed by atoms with Crippen LogP contribution in [0.2, 0.25) is 0 Å². The second-order valence-corrected chi connectivity index (χ2v) is 9.64. The highest BCUT2D eigenvalue weighted by atomic mass is 79.9. The fraction of sp³-hybridized carbons (Fsp3) is 0.222. The van der Waals surface area contributed by atoms with Gasteiger partial charge in [0.2, 0.25) is 0 Å². The van der Waals surface area contributed by atoms with Crippen LogP contribution in [-0.2, 0) is 11.3 Å². The van der Waals surface area contributed by atoms with Crippen LogP contribution in [0, 0.1) is 0 Å². The fourth-order valence-electron chi connectivity index (χ4n) is 3.87. The summed E-state index contributed by atoms with van der Waals surface area (Å²) in [5, 5.41) is 14.8. The predicted molar refractivity (Wildman–Crippen MR) is 144 cm³/mol. The van der Waals surface area contributed by atoms with Gasteiger partial charge in [-0.3, -0.25) is 10.2 Å². The molecule has 1 aliphatic heterocycles. The molecule has 1 saturated heterocycles. The van der Waals surface area contributed by atoms with E-state index in [-0.39, 0.29) is 6.03 Å². The standard InChI is InChI=1S/C25H23BrN4O3.C2HF3O2/c26-19-8-10-20(11-9-19)32-21-5-3-4-18(16-21)17-29-12-14-30(15-13-29)25(31)27-24-22-6-1-2-7-23(22)33-28-24;3-2(4,5)1(6)7/h1-11,16H,12-15,17H2,(H,27,28,31);(H,6,7). The summed E-state index contributed by atoms with van der Waals surface area (Å²) < 4.78 is 44.0. The van der Waals surface area contributed by atoms with E-state index in [1.165, 1.54) is 5.56 Å². The lowest BCUT2D eigenvalue weighted by atomic mass is 10.2. The number of nitrogens with one attached hydrogen (secondary N) is 1. The number of rotatable bonds is 5. The number of piperazine rings is 1. The van der Waals surface area contributed by atoms with Gasteiger partial charge in [0.15, 0.2) is 11.4 Å². The van der Waals surface area contributed by atoms with Crippen molar-refractivity contribution in [2.75, 3.05) is 31.5 Å². The Kier molecular flexibility index (Phi) is 9.27. The third-order valence-electron chi connectivity index (χ3n) is 5.86. The molecule has 0 saturated carbocycles. The minimum absolute atomic E-state index is 0.154. The van der Waals surface area contributed by atoms with E-state index < -0.39 is 12.1 Å². The smallest absolute Gasteiger partial charge is 0.475 e. The number of ether oxygens (including phenoxy) is 1. The van der Waals surface area contributed by atoms with Crippen molar-refractivity contribution >= 4 is 44.7 Å². The number of hydrogen-bond donors (Lipinski definition) is 2. The van der Waals surface area contributed by atoms with Gasteiger partial charge in [-0.2, -0.15) is 13.2 Å². The Morgan fingerprint density at radius 1 is 0.975 bits per heavy atom. The quantitative estimate of drug-likeness (QED) is 0.267. The number of alkyl halides is 3. The van der Waals surface area contributed by atoms with E-state index in [1.54, 1.807) is 0 Å². The molecule has 1 fully saturated rings. The van der Waals surface area contributed by atoms with Crippen LogP contribution in [0.4, 0.5) is 23.8 Å². The molecular formula is C27H24BrF3N4O5. The van der Waals surface area contributed by atoms with Crippen LogP contribution in [0.3, 0.4) is 0 Å². The number of carboxylic acid groups (broad SMARTS) is 1. The minimum atomic E-state index is -5.08. The maximum atomic E-state index is 12.7. The van der Waals surface area contributed by atoms with Gasteiger partial charge in [-0.05, 0) is 54.1 Å². The van der Waals surface area contributed by atoms with Crippen LogP contribution in [0.1, 0.15) is 5.56 Å². The number of aromatic nitrogens is 1. The molecular weight excluding hydrogens is 597 g/mol. The van der Waals surface area contributed by atoms with Crippen LogP contribution in [0.5, 0.6) is 11.5 Å². The predicted octanol–water partition coefficient (Wildman–Crippen LogP) is 6.37. The first-order valence-electron chi connectivity index (χ1n) is 12.0. The van der Waals surface area contributed by atoms with Crippen molar-refractivity contribution in [2.24, 2.45) is 0 Å². The molecule has 4 aromatic rings. The van der Waals surface area contributed by atoms with Gasteiger partial charge in [-0.15, -0.1) is 0 Å². The molecule has 1 aromatic heterocycles. The van der Waals surface area contributed by atoms with Crippen LogP contribution < -0.4 is 10.1 Å². The van der Waals surface area contributed by atoms with E-state index in [4.69, 9.17) is 19.2 Å². The molecule has 13 heteroatoms. The van der Waals surface area contributed by atoms with Crippen LogP contribution >= 0.6 is 15.9 Å². The summed E-state index contributed by atoms with van der Waals surface area (Å²) in [6, 6.07) is 23.2. The third-order valence-corrected chi connectivity index (χ3v) is 6.39. The van der Waals surface area contributed by atoms with E-state index >= 15 is 0 Å². The molecule has 2 N–H and O–H groups in total. The van der Waals surface area contributed by atoms with Crippen molar-refractivity contribution in [3.63, 3.8) is 0 Å². The highest BCUT2D eigenvalue weighted by molar-refractivity contribution is 9.10. The minimum Gasteiger partial charge on any atom is -0.475 e. The lowest BCUT2D eigenvalue weighted by Crippen LogP contribution is -2.49. The second-order valence-electron chi connectivity index (χ2n) is 8.73. The second kappa shape index (κ2) is 12.8. The Morgan fingerprint density at radius 2 is 1.65 bits per heavy atom. The molecule has 0 unspecified atom stereocenters. The molecule has 1 aliphatic rings. The molecule has 5 rings (SSSR count). The fourth-order valence-corrected chi connectivity index (χ4v) is 4.13. The van der Waals surface area contributed by atoms with E-state index in [0.717, 1.165) is 41.0 Å². The first kappa shape index (κ1) is 28.9. The largest absolute Gasteiger partial charge is 0.490 e. The van der Waals surface area contributed by atoms with Crippen LogP contribution in [0.25, 0.3) is 11.0 Å². The SMILES string of the molecule is O=C(Nc1noc2ccccc12)N1CCN(Cc2cccc(Oc3ccc(Br)cc3)c2)CC1.O=C(O)C(F)(F)F. The number of carboxylic acids is 1. The average molecular weight is 621 g/mol. The Hall–Kier alpha value is -4.10. The number of nitrogens with zero attached hydrogens (tertiary/aromatic N) is 3. The number of amides is 2. The number of carbonyl (C=O) groups excluding carboxylic acids is 1. The first-order valence-corrected chi connectivity index (χ1v) is 12.8. The zero-order valence-corrected chi connectivity index (χ0v) is 22.5. The Morgan fingerprint density at radius 3 is 2.33 bits per heavy atom. The van der Waals surface area contributed by atoms with Gasteiger partial charge < -0.3 is 19.3 Å². The number of anilines is 1. The Bertz CT molecular complexity index is 1450. The van der Waals surface area contributed by atoms with Crippen LogP contribution in [-0.4, -0.2) is 64.4 Å². The normalized spacial score (nSPS) is 13.8. The molecule has 0 atom stereocenters. The summed E-state index contributed by atoms with van der Waals surface area (Å²) >= 11 is 3.44. The van der Waals surface area contributed by atoms with Crippen molar-refractivity contribution in [1.29, 1.82) is 0 Å². The van der Waals surface area contributed by atoms with E-state index in [0.29, 0.717) is 24.5 Å². The summed E-state index contributed by atoms with van der Waals surface area (Å²) in [6.45, 7) is 3.70. The maximum absolute atomic E-state index is 12.7. The van der Waals surface area contributed by atoms with Crippen molar-refractivity contribution in [1.82, 2.24) is 15.0 Å². The molecule has 0 spiro atoms. The number of carbonyl (C=O) groups is 2. The van der Waals surface area contributed by atoms with Gasteiger partial charge >= 0.3 is 18.2 Å². The zero-order valence-electron chi connectivity index (χ0n) is 20.9. The van der Waals surface area contributed by atoms with Crippen molar-refractivity contribution in [3.8, 4) is 11.5 Å². The van der Waals surface area contributed by atoms with Crippen molar-refractivity contribution < 1.29 is 37.1 Å². The molecule has 3 aromatic carbocycles. The number of aliphatic carboxylic acids is 1. The number of benzene rings is 3. The van der Waals surface area contributed by atoms with Gasteiger partial charge in [-0.1, -0.05) is 45.4 Å². The number of fused-ring (bicyclic) bond motifs is 1. The van der Waals surface area contributed by atoms with E-state index in [1.807, 2.05) is 65.6 Å². The topological polar surface area (TPSA) is 108 Å².